The van der Waals surface area contributed by atoms with Gasteiger partial charge < -0.3 is 10.1 Å². The van der Waals surface area contributed by atoms with Crippen molar-refractivity contribution in [2.75, 3.05) is 13.2 Å². The molecule has 1 aromatic heterocycles. The number of benzene rings is 1. The lowest BCUT2D eigenvalue weighted by atomic mass is 10.1. The Bertz CT molecular complexity index is 706. The van der Waals surface area contributed by atoms with Crippen molar-refractivity contribution in [3.63, 3.8) is 0 Å². The standard InChI is InChI=1S/C17H21BrN4O2/c1-11(2)16-15(17(23)19-10-14-4-3-9-24-14)20-21-22(16)13-7-5-12(18)6-8-13/h5-8,11,14H,3-4,9-10H2,1-2H3,(H,19,23). The van der Waals surface area contributed by atoms with Gasteiger partial charge in [0, 0.05) is 17.6 Å². The molecule has 0 radical (unpaired) electrons. The zero-order valence-electron chi connectivity index (χ0n) is 13.8. The molecule has 24 heavy (non-hydrogen) atoms. The Morgan fingerprint density at radius 3 is 2.79 bits per heavy atom. The van der Waals surface area contributed by atoms with E-state index in [1.807, 2.05) is 38.1 Å². The van der Waals surface area contributed by atoms with Crippen LogP contribution in [0.2, 0.25) is 0 Å². The van der Waals surface area contributed by atoms with Crippen LogP contribution in [-0.2, 0) is 4.74 Å². The van der Waals surface area contributed by atoms with Crippen LogP contribution in [0, 0.1) is 0 Å². The maximum absolute atomic E-state index is 12.5. The number of hydrogen-bond donors (Lipinski definition) is 1. The van der Waals surface area contributed by atoms with Gasteiger partial charge in [0.15, 0.2) is 5.69 Å². The summed E-state index contributed by atoms with van der Waals surface area (Å²) >= 11 is 3.43. The minimum atomic E-state index is -0.197. The van der Waals surface area contributed by atoms with Gasteiger partial charge in [-0.05, 0) is 43.0 Å². The molecule has 6 nitrogen and oxygen atoms in total. The first-order valence-electron chi connectivity index (χ1n) is 8.17. The van der Waals surface area contributed by atoms with E-state index in [0.717, 1.165) is 35.3 Å². The van der Waals surface area contributed by atoms with Crippen molar-refractivity contribution < 1.29 is 9.53 Å². The summed E-state index contributed by atoms with van der Waals surface area (Å²) in [5.41, 5.74) is 2.07. The molecule has 1 atom stereocenters. The first kappa shape index (κ1) is 17.1. The fourth-order valence-electron chi connectivity index (χ4n) is 2.84. The van der Waals surface area contributed by atoms with Gasteiger partial charge >= 0.3 is 0 Å². The van der Waals surface area contributed by atoms with Crippen molar-refractivity contribution in [3.05, 3.63) is 40.1 Å². The first-order valence-corrected chi connectivity index (χ1v) is 8.97. The predicted molar refractivity (Wildman–Crippen MR) is 94.5 cm³/mol. The molecule has 0 bridgehead atoms. The lowest BCUT2D eigenvalue weighted by Gasteiger charge is -2.13. The van der Waals surface area contributed by atoms with Crippen LogP contribution in [0.3, 0.4) is 0 Å². The van der Waals surface area contributed by atoms with E-state index >= 15 is 0 Å². The molecule has 1 amide bonds. The molecule has 1 N–H and O–H groups in total. The van der Waals surface area contributed by atoms with Gasteiger partial charge in [0.1, 0.15) is 0 Å². The van der Waals surface area contributed by atoms with Gasteiger partial charge in [-0.3, -0.25) is 4.79 Å². The zero-order valence-corrected chi connectivity index (χ0v) is 15.4. The van der Waals surface area contributed by atoms with Gasteiger partial charge in [-0.15, -0.1) is 5.10 Å². The summed E-state index contributed by atoms with van der Waals surface area (Å²) in [6.07, 6.45) is 2.15. The Kier molecular flexibility index (Phi) is 5.30. The second kappa shape index (κ2) is 7.44. The maximum atomic E-state index is 12.5. The summed E-state index contributed by atoms with van der Waals surface area (Å²) < 4.78 is 8.27. The van der Waals surface area contributed by atoms with Crippen molar-refractivity contribution in [3.8, 4) is 5.69 Å². The van der Waals surface area contributed by atoms with E-state index in [-0.39, 0.29) is 17.9 Å². The highest BCUT2D eigenvalue weighted by Crippen LogP contribution is 2.22. The van der Waals surface area contributed by atoms with Crippen LogP contribution in [-0.4, -0.2) is 40.2 Å². The number of halogens is 1. The van der Waals surface area contributed by atoms with Crippen molar-refractivity contribution >= 4 is 21.8 Å². The minimum Gasteiger partial charge on any atom is -0.376 e. The lowest BCUT2D eigenvalue weighted by Crippen LogP contribution is -2.32. The molecule has 7 heteroatoms. The summed E-state index contributed by atoms with van der Waals surface area (Å²) in [6.45, 7) is 5.36. The van der Waals surface area contributed by atoms with E-state index in [2.05, 4.69) is 31.6 Å². The SMILES string of the molecule is CC(C)c1c(C(=O)NCC2CCCO2)nnn1-c1ccc(Br)cc1. The number of aromatic nitrogens is 3. The monoisotopic (exact) mass is 392 g/mol. The van der Waals surface area contributed by atoms with E-state index < -0.39 is 0 Å². The van der Waals surface area contributed by atoms with Crippen LogP contribution in [0.1, 0.15) is 48.8 Å². The summed E-state index contributed by atoms with van der Waals surface area (Å²) in [5.74, 6) is -0.0790. The van der Waals surface area contributed by atoms with E-state index in [4.69, 9.17) is 4.74 Å². The van der Waals surface area contributed by atoms with Crippen LogP contribution < -0.4 is 5.32 Å². The highest BCUT2D eigenvalue weighted by Gasteiger charge is 2.24. The Morgan fingerprint density at radius 1 is 1.42 bits per heavy atom. The van der Waals surface area contributed by atoms with E-state index in [1.165, 1.54) is 0 Å². The molecule has 1 aromatic carbocycles. The van der Waals surface area contributed by atoms with Crippen LogP contribution >= 0.6 is 15.9 Å². The largest absolute Gasteiger partial charge is 0.376 e. The predicted octanol–water partition coefficient (Wildman–Crippen LogP) is 3.06. The van der Waals surface area contributed by atoms with Gasteiger partial charge in [0.05, 0.1) is 17.5 Å². The molecule has 3 rings (SSSR count). The van der Waals surface area contributed by atoms with Crippen LogP contribution in [0.4, 0.5) is 0 Å². The number of rotatable bonds is 5. The number of nitrogens with one attached hydrogen (secondary N) is 1. The molecule has 2 aromatic rings. The average Bonchev–Trinajstić information content (AvgIpc) is 3.22. The summed E-state index contributed by atoms with van der Waals surface area (Å²) in [5, 5.41) is 11.2. The molecule has 1 unspecified atom stereocenters. The van der Waals surface area contributed by atoms with Gasteiger partial charge in [-0.2, -0.15) is 0 Å². The normalized spacial score (nSPS) is 17.4. The molecule has 0 aliphatic carbocycles. The number of carbonyl (C=O) groups is 1. The zero-order chi connectivity index (χ0) is 17.1. The average molecular weight is 393 g/mol. The van der Waals surface area contributed by atoms with Crippen molar-refractivity contribution in [2.24, 2.45) is 0 Å². The third-order valence-corrected chi connectivity index (χ3v) is 4.58. The highest BCUT2D eigenvalue weighted by molar-refractivity contribution is 9.10. The van der Waals surface area contributed by atoms with Crippen LogP contribution in [0.25, 0.3) is 5.69 Å². The molecule has 0 spiro atoms. The highest BCUT2D eigenvalue weighted by atomic mass is 79.9. The number of hydrogen-bond acceptors (Lipinski definition) is 4. The molecule has 1 saturated heterocycles. The van der Waals surface area contributed by atoms with Crippen molar-refractivity contribution in [2.45, 2.75) is 38.7 Å². The van der Waals surface area contributed by atoms with Gasteiger partial charge in [0.25, 0.3) is 5.91 Å². The van der Waals surface area contributed by atoms with Gasteiger partial charge in [0.2, 0.25) is 0 Å². The third-order valence-electron chi connectivity index (χ3n) is 4.05. The van der Waals surface area contributed by atoms with Gasteiger partial charge in [-0.1, -0.05) is 35.0 Å². The third kappa shape index (κ3) is 3.67. The number of ether oxygens (including phenoxy) is 1. The second-order valence-corrected chi connectivity index (χ2v) is 7.13. The van der Waals surface area contributed by atoms with Crippen molar-refractivity contribution in [1.82, 2.24) is 20.3 Å². The summed E-state index contributed by atoms with van der Waals surface area (Å²) in [7, 11) is 0. The van der Waals surface area contributed by atoms with E-state index in [1.54, 1.807) is 4.68 Å². The fourth-order valence-corrected chi connectivity index (χ4v) is 3.10. The van der Waals surface area contributed by atoms with E-state index in [0.29, 0.717) is 12.2 Å². The maximum Gasteiger partial charge on any atom is 0.273 e. The molecule has 2 heterocycles. The molecular weight excluding hydrogens is 372 g/mol. The van der Waals surface area contributed by atoms with Crippen molar-refractivity contribution in [1.29, 1.82) is 0 Å². The molecule has 128 valence electrons. The molecular formula is C17H21BrN4O2. The minimum absolute atomic E-state index is 0.109. The quantitative estimate of drug-likeness (QED) is 0.848. The Labute approximate surface area is 149 Å². The Morgan fingerprint density at radius 2 is 2.17 bits per heavy atom. The fraction of sp³-hybridized carbons (Fsp3) is 0.471. The molecule has 1 fully saturated rings. The van der Waals surface area contributed by atoms with Gasteiger partial charge in [-0.25, -0.2) is 4.68 Å². The lowest BCUT2D eigenvalue weighted by molar-refractivity contribution is 0.0852. The number of amides is 1. The smallest absolute Gasteiger partial charge is 0.273 e. The Balaban J connectivity index is 1.82. The van der Waals surface area contributed by atoms with Crippen LogP contribution in [0.15, 0.2) is 28.7 Å². The number of carbonyl (C=O) groups excluding carboxylic acids is 1. The first-order chi connectivity index (χ1) is 11.6. The molecule has 1 aliphatic heterocycles. The Hall–Kier alpha value is -1.73. The molecule has 1 aliphatic rings. The van der Waals surface area contributed by atoms with Crippen LogP contribution in [0.5, 0.6) is 0 Å². The summed E-state index contributed by atoms with van der Waals surface area (Å²) in [6, 6.07) is 7.77. The second-order valence-electron chi connectivity index (χ2n) is 6.21. The summed E-state index contributed by atoms with van der Waals surface area (Å²) in [4.78, 5) is 12.5. The number of nitrogens with zero attached hydrogens (tertiary/aromatic N) is 3. The molecule has 0 saturated carbocycles. The van der Waals surface area contributed by atoms with E-state index in [9.17, 15) is 4.79 Å². The topological polar surface area (TPSA) is 69.0 Å².